The highest BCUT2D eigenvalue weighted by Crippen LogP contribution is 2.32. The number of halogens is 1. The number of ether oxygens (including phenoxy) is 1. The van der Waals surface area contributed by atoms with Gasteiger partial charge < -0.3 is 20.5 Å². The van der Waals surface area contributed by atoms with Gasteiger partial charge in [0.05, 0.1) is 18.5 Å². The molecule has 1 unspecified atom stereocenters. The molecule has 0 aliphatic carbocycles. The molecule has 1 saturated heterocycles. The van der Waals surface area contributed by atoms with Gasteiger partial charge in [-0.25, -0.2) is 4.39 Å². The van der Waals surface area contributed by atoms with Gasteiger partial charge in [-0.05, 0) is 18.8 Å². The zero-order valence-corrected chi connectivity index (χ0v) is 10.5. The largest absolute Gasteiger partial charge is 0.495 e. The van der Waals surface area contributed by atoms with E-state index < -0.39 is 0 Å². The normalized spacial score (nSPS) is 19.9. The number of nitrogen functional groups attached to an aromatic ring is 1. The first-order valence-electron chi connectivity index (χ1n) is 6.14. The van der Waals surface area contributed by atoms with Crippen LogP contribution in [0.1, 0.15) is 12.8 Å². The highest BCUT2D eigenvalue weighted by atomic mass is 19.1. The molecule has 0 aromatic heterocycles. The van der Waals surface area contributed by atoms with Crippen LogP contribution in [0.5, 0.6) is 5.75 Å². The predicted molar refractivity (Wildman–Crippen MR) is 69.4 cm³/mol. The fourth-order valence-corrected chi connectivity index (χ4v) is 2.41. The Labute approximate surface area is 106 Å². The topological polar surface area (TPSA) is 58.7 Å². The van der Waals surface area contributed by atoms with Gasteiger partial charge in [0.2, 0.25) is 0 Å². The van der Waals surface area contributed by atoms with E-state index in [1.54, 1.807) is 6.07 Å². The number of hydrogen-bond donors (Lipinski definition) is 2. The Morgan fingerprint density at radius 3 is 3.00 bits per heavy atom. The van der Waals surface area contributed by atoms with Crippen molar-refractivity contribution in [3.63, 3.8) is 0 Å². The Morgan fingerprint density at radius 2 is 2.33 bits per heavy atom. The van der Waals surface area contributed by atoms with Gasteiger partial charge in [-0.15, -0.1) is 0 Å². The minimum atomic E-state index is -0.341. The van der Waals surface area contributed by atoms with Crippen molar-refractivity contribution in [1.29, 1.82) is 0 Å². The van der Waals surface area contributed by atoms with E-state index in [9.17, 15) is 9.50 Å². The SMILES string of the molecule is COc1cc(N2CCCC(CO)C2)c(F)cc1N. The lowest BCUT2D eigenvalue weighted by atomic mass is 9.98. The molecule has 1 aliphatic heterocycles. The molecule has 2 rings (SSSR count). The van der Waals surface area contributed by atoms with Gasteiger partial charge in [0.1, 0.15) is 11.6 Å². The van der Waals surface area contributed by atoms with Gasteiger partial charge in [0.25, 0.3) is 0 Å². The number of benzene rings is 1. The predicted octanol–water partition coefficient (Wildman–Crippen LogP) is 1.63. The van der Waals surface area contributed by atoms with Crippen LogP contribution >= 0.6 is 0 Å². The molecule has 1 fully saturated rings. The van der Waals surface area contributed by atoms with Gasteiger partial charge in [-0.2, -0.15) is 0 Å². The molecule has 0 bridgehead atoms. The Kier molecular flexibility index (Phi) is 3.91. The number of anilines is 2. The molecule has 1 aliphatic rings. The number of piperidine rings is 1. The monoisotopic (exact) mass is 254 g/mol. The van der Waals surface area contributed by atoms with E-state index >= 15 is 0 Å². The fraction of sp³-hybridized carbons (Fsp3) is 0.538. The van der Waals surface area contributed by atoms with Crippen molar-refractivity contribution in [2.45, 2.75) is 12.8 Å². The summed E-state index contributed by atoms with van der Waals surface area (Å²) >= 11 is 0. The van der Waals surface area contributed by atoms with Crippen LogP contribution in [0.3, 0.4) is 0 Å². The molecule has 0 spiro atoms. The molecule has 5 heteroatoms. The van der Waals surface area contributed by atoms with Crippen LogP contribution in [0, 0.1) is 11.7 Å². The van der Waals surface area contributed by atoms with E-state index in [0.29, 0.717) is 23.7 Å². The second-order valence-corrected chi connectivity index (χ2v) is 4.68. The van der Waals surface area contributed by atoms with E-state index in [1.165, 1.54) is 13.2 Å². The quantitative estimate of drug-likeness (QED) is 0.805. The standard InChI is InChI=1S/C13H19FN2O2/c1-18-13-6-12(10(14)5-11(13)15)16-4-2-3-9(7-16)8-17/h5-6,9,17H,2-4,7-8,15H2,1H3. The highest BCUT2D eigenvalue weighted by molar-refractivity contribution is 5.63. The van der Waals surface area contributed by atoms with E-state index in [0.717, 1.165) is 19.4 Å². The Bertz CT molecular complexity index is 426. The lowest BCUT2D eigenvalue weighted by Gasteiger charge is -2.34. The molecule has 1 aromatic carbocycles. The molecule has 0 saturated carbocycles. The second kappa shape index (κ2) is 5.44. The Morgan fingerprint density at radius 1 is 1.56 bits per heavy atom. The number of nitrogens with two attached hydrogens (primary N) is 1. The van der Waals surface area contributed by atoms with Crippen molar-refractivity contribution < 1.29 is 14.2 Å². The first-order chi connectivity index (χ1) is 8.65. The van der Waals surface area contributed by atoms with Crippen molar-refractivity contribution in [1.82, 2.24) is 0 Å². The number of aliphatic hydroxyl groups excluding tert-OH is 1. The summed E-state index contributed by atoms with van der Waals surface area (Å²) < 4.78 is 19.1. The summed E-state index contributed by atoms with van der Waals surface area (Å²) in [5.41, 5.74) is 6.46. The summed E-state index contributed by atoms with van der Waals surface area (Å²) in [6.07, 6.45) is 1.94. The first-order valence-corrected chi connectivity index (χ1v) is 6.14. The number of methoxy groups -OCH3 is 1. The third-order valence-electron chi connectivity index (χ3n) is 3.42. The van der Waals surface area contributed by atoms with Crippen LogP contribution in [0.15, 0.2) is 12.1 Å². The van der Waals surface area contributed by atoms with Crippen LogP contribution in [0.25, 0.3) is 0 Å². The summed E-state index contributed by atoms with van der Waals surface area (Å²) in [6.45, 7) is 1.60. The van der Waals surface area contributed by atoms with Crippen LogP contribution in [0.4, 0.5) is 15.8 Å². The summed E-state index contributed by atoms with van der Waals surface area (Å²) in [4.78, 5) is 1.95. The smallest absolute Gasteiger partial charge is 0.148 e. The maximum atomic E-state index is 13.9. The lowest BCUT2D eigenvalue weighted by molar-refractivity contribution is 0.208. The molecule has 100 valence electrons. The average molecular weight is 254 g/mol. The summed E-state index contributed by atoms with van der Waals surface area (Å²) in [5, 5.41) is 9.20. The molecule has 0 radical (unpaired) electrons. The van der Waals surface area contributed by atoms with Gasteiger partial charge in [-0.3, -0.25) is 0 Å². The number of nitrogens with zero attached hydrogens (tertiary/aromatic N) is 1. The highest BCUT2D eigenvalue weighted by Gasteiger charge is 2.22. The summed E-state index contributed by atoms with van der Waals surface area (Å²) in [7, 11) is 1.51. The average Bonchev–Trinajstić information content (AvgIpc) is 2.39. The van der Waals surface area contributed by atoms with Crippen molar-refractivity contribution >= 4 is 11.4 Å². The number of rotatable bonds is 3. The van der Waals surface area contributed by atoms with Crippen LogP contribution in [-0.2, 0) is 0 Å². The molecular formula is C13H19FN2O2. The zero-order chi connectivity index (χ0) is 13.1. The third kappa shape index (κ3) is 2.51. The molecule has 18 heavy (non-hydrogen) atoms. The zero-order valence-electron chi connectivity index (χ0n) is 10.5. The van der Waals surface area contributed by atoms with E-state index in [4.69, 9.17) is 10.5 Å². The van der Waals surface area contributed by atoms with Crippen LogP contribution in [0.2, 0.25) is 0 Å². The summed E-state index contributed by atoms with van der Waals surface area (Å²) in [5.74, 6) is 0.353. The molecule has 4 nitrogen and oxygen atoms in total. The molecule has 1 atom stereocenters. The first kappa shape index (κ1) is 13.0. The lowest BCUT2D eigenvalue weighted by Crippen LogP contribution is -2.37. The minimum absolute atomic E-state index is 0.143. The van der Waals surface area contributed by atoms with Gasteiger partial charge in [-0.1, -0.05) is 0 Å². The third-order valence-corrected chi connectivity index (χ3v) is 3.42. The van der Waals surface area contributed by atoms with Crippen molar-refractivity contribution in [2.75, 3.05) is 37.4 Å². The van der Waals surface area contributed by atoms with Gasteiger partial charge in [0.15, 0.2) is 0 Å². The molecular weight excluding hydrogens is 235 g/mol. The maximum Gasteiger partial charge on any atom is 0.148 e. The van der Waals surface area contributed by atoms with Crippen molar-refractivity contribution in [3.05, 3.63) is 17.9 Å². The van der Waals surface area contributed by atoms with Gasteiger partial charge >= 0.3 is 0 Å². The number of aliphatic hydroxyl groups is 1. The van der Waals surface area contributed by atoms with Crippen molar-refractivity contribution in [3.8, 4) is 5.75 Å². The van der Waals surface area contributed by atoms with Crippen LogP contribution < -0.4 is 15.4 Å². The van der Waals surface area contributed by atoms with Crippen LogP contribution in [-0.4, -0.2) is 31.9 Å². The Hall–Kier alpha value is -1.49. The molecule has 0 amide bonds. The van der Waals surface area contributed by atoms with Gasteiger partial charge in [0, 0.05) is 31.8 Å². The Balaban J connectivity index is 2.26. The minimum Gasteiger partial charge on any atom is -0.495 e. The fourth-order valence-electron chi connectivity index (χ4n) is 2.41. The summed E-state index contributed by atoms with van der Waals surface area (Å²) in [6, 6.07) is 2.92. The number of hydrogen-bond acceptors (Lipinski definition) is 4. The van der Waals surface area contributed by atoms with E-state index in [2.05, 4.69) is 0 Å². The maximum absolute atomic E-state index is 13.9. The van der Waals surface area contributed by atoms with E-state index in [-0.39, 0.29) is 18.3 Å². The van der Waals surface area contributed by atoms with Crippen molar-refractivity contribution in [2.24, 2.45) is 5.92 Å². The molecule has 3 N–H and O–H groups in total. The van der Waals surface area contributed by atoms with E-state index in [1.807, 2.05) is 4.90 Å². The molecule has 1 heterocycles. The second-order valence-electron chi connectivity index (χ2n) is 4.68. The molecule has 1 aromatic rings.